The molecular formula is C8H7N3O. The van der Waals surface area contributed by atoms with Crippen molar-refractivity contribution >= 4 is 11.7 Å². The fraction of sp³-hybridized carbons (Fsp3) is 0.250. The Kier molecular flexibility index (Phi) is 0.800. The Morgan fingerprint density at radius 1 is 1.67 bits per heavy atom. The lowest BCUT2D eigenvalue weighted by Crippen LogP contribution is -2.41. The molecule has 0 spiro atoms. The SMILES string of the molecule is CC1=NN2C(=CC3=C[C@H]32)C(=O)N1. The Balaban J connectivity index is 2.10. The molecule has 0 fully saturated rings. The predicted molar refractivity (Wildman–Crippen MR) is 43.0 cm³/mol. The number of hydrogen-bond donors (Lipinski definition) is 1. The third-order valence-corrected chi connectivity index (χ3v) is 2.18. The number of amides is 1. The van der Waals surface area contributed by atoms with Gasteiger partial charge in [0.25, 0.3) is 5.91 Å². The predicted octanol–water partition coefficient (Wildman–Crippen LogP) is -0.0423. The van der Waals surface area contributed by atoms with E-state index >= 15 is 0 Å². The first kappa shape index (κ1) is 5.99. The molecule has 3 aliphatic rings. The standard InChI is InChI=1S/C8H7N3O/c1-4-9-8(12)7-3-5-2-6(5)11(7)10-4/h2-3,6H,1H3,(H,9,10,12)/t6-/m1/s1. The van der Waals surface area contributed by atoms with Crippen LogP contribution in [0.1, 0.15) is 6.92 Å². The molecule has 4 nitrogen and oxygen atoms in total. The molecule has 3 rings (SSSR count). The molecule has 4 heteroatoms. The zero-order valence-corrected chi connectivity index (χ0v) is 6.53. The smallest absolute Gasteiger partial charge is 0.274 e. The molecule has 1 atom stereocenters. The number of carbonyl (C=O) groups excluding carboxylic acids is 1. The molecule has 12 heavy (non-hydrogen) atoms. The first-order chi connectivity index (χ1) is 5.75. The third kappa shape index (κ3) is 0.574. The number of nitrogens with one attached hydrogen (secondary N) is 1. The molecule has 60 valence electrons. The number of nitrogens with zero attached hydrogens (tertiary/aromatic N) is 2. The quantitative estimate of drug-likeness (QED) is 0.541. The molecule has 0 aromatic carbocycles. The van der Waals surface area contributed by atoms with Gasteiger partial charge in [0.05, 0.1) is 6.04 Å². The summed E-state index contributed by atoms with van der Waals surface area (Å²) in [7, 11) is 0. The molecule has 2 aliphatic heterocycles. The van der Waals surface area contributed by atoms with Crippen LogP contribution < -0.4 is 5.32 Å². The summed E-state index contributed by atoms with van der Waals surface area (Å²) >= 11 is 0. The summed E-state index contributed by atoms with van der Waals surface area (Å²) in [6.07, 6.45) is 3.97. The van der Waals surface area contributed by atoms with E-state index in [4.69, 9.17) is 0 Å². The second-order valence-electron chi connectivity index (χ2n) is 3.13. The summed E-state index contributed by atoms with van der Waals surface area (Å²) < 4.78 is 0. The highest BCUT2D eigenvalue weighted by molar-refractivity contribution is 6.08. The number of hydrogen-bond acceptors (Lipinski definition) is 3. The monoisotopic (exact) mass is 161 g/mol. The number of fused-ring (bicyclic) bond motifs is 3. The molecule has 0 radical (unpaired) electrons. The van der Waals surface area contributed by atoms with Crippen LogP contribution in [0.5, 0.6) is 0 Å². The Morgan fingerprint density at radius 3 is 3.33 bits per heavy atom. The third-order valence-electron chi connectivity index (χ3n) is 2.18. The molecular weight excluding hydrogens is 154 g/mol. The molecule has 0 aromatic rings. The van der Waals surface area contributed by atoms with Crippen molar-refractivity contribution in [2.24, 2.45) is 5.10 Å². The normalized spacial score (nSPS) is 29.8. The Bertz CT molecular complexity index is 378. The molecule has 0 saturated heterocycles. The van der Waals surface area contributed by atoms with Crippen molar-refractivity contribution in [3.8, 4) is 0 Å². The van der Waals surface area contributed by atoms with Crippen LogP contribution in [0.25, 0.3) is 0 Å². The maximum atomic E-state index is 11.3. The molecule has 1 N–H and O–H groups in total. The average molecular weight is 161 g/mol. The maximum absolute atomic E-state index is 11.3. The van der Waals surface area contributed by atoms with Gasteiger partial charge in [0.2, 0.25) is 0 Å². The first-order valence-corrected chi connectivity index (χ1v) is 3.85. The van der Waals surface area contributed by atoms with Gasteiger partial charge >= 0.3 is 0 Å². The van der Waals surface area contributed by atoms with Crippen LogP contribution in [0.3, 0.4) is 0 Å². The van der Waals surface area contributed by atoms with Crippen LogP contribution in [0, 0.1) is 0 Å². The lowest BCUT2D eigenvalue weighted by atomic mass is 10.3. The van der Waals surface area contributed by atoms with Gasteiger partial charge in [-0.25, -0.2) is 5.01 Å². The van der Waals surface area contributed by atoms with Crippen LogP contribution in [0.2, 0.25) is 0 Å². The molecule has 2 heterocycles. The minimum absolute atomic E-state index is 0.0457. The van der Waals surface area contributed by atoms with Crippen molar-refractivity contribution in [3.05, 3.63) is 23.4 Å². The summed E-state index contributed by atoms with van der Waals surface area (Å²) in [4.78, 5) is 11.3. The number of rotatable bonds is 0. The summed E-state index contributed by atoms with van der Waals surface area (Å²) in [5.74, 6) is 0.620. The van der Waals surface area contributed by atoms with Gasteiger partial charge in [0.15, 0.2) is 0 Å². The van der Waals surface area contributed by atoms with E-state index in [0.717, 1.165) is 0 Å². The fourth-order valence-electron chi connectivity index (χ4n) is 1.55. The Hall–Kier alpha value is -1.58. The number of amidine groups is 1. The zero-order valence-electron chi connectivity index (χ0n) is 6.53. The van der Waals surface area contributed by atoms with E-state index in [1.165, 1.54) is 5.57 Å². The van der Waals surface area contributed by atoms with Crippen LogP contribution in [0.4, 0.5) is 0 Å². The average Bonchev–Trinajstić information content (AvgIpc) is 2.68. The van der Waals surface area contributed by atoms with Crippen molar-refractivity contribution in [1.29, 1.82) is 0 Å². The van der Waals surface area contributed by atoms with Gasteiger partial charge in [-0.2, -0.15) is 5.10 Å². The Labute approximate surface area is 69.2 Å². The summed E-state index contributed by atoms with van der Waals surface area (Å²) in [6, 6.07) is 0.279. The van der Waals surface area contributed by atoms with Crippen LogP contribution >= 0.6 is 0 Å². The molecule has 0 aromatic heterocycles. The fourth-order valence-corrected chi connectivity index (χ4v) is 1.55. The maximum Gasteiger partial charge on any atom is 0.274 e. The van der Waals surface area contributed by atoms with E-state index in [9.17, 15) is 4.79 Å². The molecule has 0 saturated carbocycles. The second-order valence-corrected chi connectivity index (χ2v) is 3.13. The van der Waals surface area contributed by atoms with E-state index in [2.05, 4.69) is 16.5 Å². The highest BCUT2D eigenvalue weighted by Gasteiger charge is 2.42. The largest absolute Gasteiger partial charge is 0.308 e. The minimum atomic E-state index is -0.0457. The van der Waals surface area contributed by atoms with Crippen molar-refractivity contribution in [1.82, 2.24) is 10.3 Å². The van der Waals surface area contributed by atoms with Crippen LogP contribution in [-0.2, 0) is 4.79 Å². The van der Waals surface area contributed by atoms with Crippen molar-refractivity contribution < 1.29 is 4.79 Å². The lowest BCUT2D eigenvalue weighted by Gasteiger charge is -2.23. The van der Waals surface area contributed by atoms with Gasteiger partial charge < -0.3 is 5.32 Å². The van der Waals surface area contributed by atoms with E-state index in [1.807, 2.05) is 6.08 Å². The molecule has 1 amide bonds. The van der Waals surface area contributed by atoms with Crippen molar-refractivity contribution in [3.63, 3.8) is 0 Å². The van der Waals surface area contributed by atoms with Gasteiger partial charge in [-0.3, -0.25) is 4.79 Å². The Morgan fingerprint density at radius 2 is 2.50 bits per heavy atom. The highest BCUT2D eigenvalue weighted by atomic mass is 16.2. The molecule has 1 aliphatic carbocycles. The van der Waals surface area contributed by atoms with E-state index < -0.39 is 0 Å². The van der Waals surface area contributed by atoms with Crippen molar-refractivity contribution in [2.75, 3.05) is 0 Å². The van der Waals surface area contributed by atoms with E-state index in [0.29, 0.717) is 11.5 Å². The van der Waals surface area contributed by atoms with Gasteiger partial charge in [0.1, 0.15) is 11.5 Å². The topological polar surface area (TPSA) is 44.7 Å². The van der Waals surface area contributed by atoms with Crippen LogP contribution in [-0.4, -0.2) is 22.8 Å². The zero-order chi connectivity index (χ0) is 8.29. The molecule has 0 bridgehead atoms. The van der Waals surface area contributed by atoms with E-state index in [1.54, 1.807) is 11.9 Å². The van der Waals surface area contributed by atoms with Gasteiger partial charge in [0, 0.05) is 0 Å². The minimum Gasteiger partial charge on any atom is -0.308 e. The second kappa shape index (κ2) is 1.60. The van der Waals surface area contributed by atoms with Crippen LogP contribution in [0.15, 0.2) is 28.5 Å². The summed E-state index contributed by atoms with van der Waals surface area (Å²) in [6.45, 7) is 1.79. The molecule has 0 unspecified atom stereocenters. The van der Waals surface area contributed by atoms with Crippen molar-refractivity contribution in [2.45, 2.75) is 13.0 Å². The first-order valence-electron chi connectivity index (χ1n) is 3.85. The highest BCUT2D eigenvalue weighted by Crippen LogP contribution is 2.39. The van der Waals surface area contributed by atoms with Gasteiger partial charge in [-0.05, 0) is 24.6 Å². The lowest BCUT2D eigenvalue weighted by molar-refractivity contribution is -0.118. The number of carbonyl (C=O) groups is 1. The van der Waals surface area contributed by atoms with Gasteiger partial charge in [-0.15, -0.1) is 0 Å². The summed E-state index contributed by atoms with van der Waals surface area (Å²) in [5, 5.41) is 8.65. The number of hydrazone groups is 1. The van der Waals surface area contributed by atoms with E-state index in [-0.39, 0.29) is 11.9 Å². The van der Waals surface area contributed by atoms with Gasteiger partial charge in [-0.1, -0.05) is 0 Å². The summed E-state index contributed by atoms with van der Waals surface area (Å²) in [5.41, 5.74) is 1.88.